The second-order valence-corrected chi connectivity index (χ2v) is 6.44. The Morgan fingerprint density at radius 1 is 1.26 bits per heavy atom. The summed E-state index contributed by atoms with van der Waals surface area (Å²) in [6.07, 6.45) is 6.53. The van der Waals surface area contributed by atoms with E-state index in [9.17, 15) is 4.79 Å². The van der Waals surface area contributed by atoms with E-state index in [0.717, 1.165) is 29.8 Å². The molecule has 1 heterocycles. The first-order chi connectivity index (χ1) is 11.1. The van der Waals surface area contributed by atoms with Crippen molar-refractivity contribution < 1.29 is 4.79 Å². The minimum absolute atomic E-state index is 0.310. The first-order valence-electron chi connectivity index (χ1n) is 7.93. The maximum atomic E-state index is 12.3. The number of benzene rings is 1. The van der Waals surface area contributed by atoms with Gasteiger partial charge in [-0.15, -0.1) is 0 Å². The van der Waals surface area contributed by atoms with Gasteiger partial charge in [-0.2, -0.15) is 5.10 Å². The summed E-state index contributed by atoms with van der Waals surface area (Å²) in [6.45, 7) is 3.90. The molecule has 6 heteroatoms. The summed E-state index contributed by atoms with van der Waals surface area (Å²) in [4.78, 5) is 12.3. The maximum absolute atomic E-state index is 12.3. The van der Waals surface area contributed by atoms with Crippen LogP contribution < -0.4 is 10.6 Å². The van der Waals surface area contributed by atoms with Crippen molar-refractivity contribution in [3.05, 3.63) is 40.7 Å². The van der Waals surface area contributed by atoms with Crippen LogP contribution in [0, 0.1) is 13.8 Å². The van der Waals surface area contributed by atoms with E-state index in [1.54, 1.807) is 12.3 Å². The number of rotatable bonds is 3. The number of aromatic nitrogens is 2. The van der Waals surface area contributed by atoms with Crippen LogP contribution in [-0.2, 0) is 0 Å². The number of amides is 2. The molecule has 0 saturated heterocycles. The topological polar surface area (TPSA) is 59.0 Å². The number of aryl methyl sites for hydroxylation is 1. The third kappa shape index (κ3) is 3.34. The molecule has 0 aliphatic heterocycles. The minimum atomic E-state index is -0.310. The van der Waals surface area contributed by atoms with Crippen LogP contribution in [0.25, 0.3) is 0 Å². The molecule has 0 radical (unpaired) electrons. The fourth-order valence-electron chi connectivity index (χ4n) is 3.12. The van der Waals surface area contributed by atoms with Gasteiger partial charge < -0.3 is 10.6 Å². The molecule has 1 aliphatic rings. The number of nitrogens with one attached hydrogen (secondary N) is 2. The molecular formula is C17H21ClN4O. The van der Waals surface area contributed by atoms with E-state index in [2.05, 4.69) is 15.7 Å². The number of para-hydroxylation sites is 1. The molecule has 0 spiro atoms. The van der Waals surface area contributed by atoms with Crippen LogP contribution in [0.15, 0.2) is 24.4 Å². The number of carbonyl (C=O) groups excluding carboxylic acids is 1. The quantitative estimate of drug-likeness (QED) is 0.838. The normalized spacial score (nSPS) is 14.9. The summed E-state index contributed by atoms with van der Waals surface area (Å²) in [6, 6.07) is 5.67. The maximum Gasteiger partial charge on any atom is 0.323 e. The predicted octanol–water partition coefficient (Wildman–Crippen LogP) is 4.91. The molecular weight excluding hydrogens is 312 g/mol. The number of carbonyl (C=O) groups is 1. The van der Waals surface area contributed by atoms with Crippen molar-refractivity contribution in [1.82, 2.24) is 9.78 Å². The van der Waals surface area contributed by atoms with Crippen LogP contribution in [0.1, 0.15) is 43.0 Å². The Labute approximate surface area is 141 Å². The Kier molecular flexibility index (Phi) is 4.57. The summed E-state index contributed by atoms with van der Waals surface area (Å²) in [5.41, 5.74) is 3.28. The largest absolute Gasteiger partial charge is 0.323 e. The number of anilines is 2. The van der Waals surface area contributed by atoms with E-state index in [0.29, 0.717) is 16.8 Å². The third-order valence-corrected chi connectivity index (χ3v) is 4.74. The van der Waals surface area contributed by atoms with Crippen LogP contribution >= 0.6 is 11.6 Å². The van der Waals surface area contributed by atoms with Gasteiger partial charge in [-0.05, 0) is 38.3 Å². The van der Waals surface area contributed by atoms with Crippen molar-refractivity contribution in [3.63, 3.8) is 0 Å². The third-order valence-electron chi connectivity index (χ3n) is 4.42. The second kappa shape index (κ2) is 6.62. The average molecular weight is 333 g/mol. The van der Waals surface area contributed by atoms with Crippen molar-refractivity contribution in [3.8, 4) is 0 Å². The van der Waals surface area contributed by atoms with Gasteiger partial charge in [0.2, 0.25) is 0 Å². The lowest BCUT2D eigenvalue weighted by molar-refractivity contribution is 0.262. The Morgan fingerprint density at radius 3 is 2.70 bits per heavy atom. The SMILES string of the molecule is Cc1cccc(Cl)c1NC(=O)Nc1cnn(C2CCCC2)c1C. The molecule has 5 nitrogen and oxygen atoms in total. The van der Waals surface area contributed by atoms with Gasteiger partial charge in [0.1, 0.15) is 0 Å². The van der Waals surface area contributed by atoms with E-state index < -0.39 is 0 Å². The van der Waals surface area contributed by atoms with Gasteiger partial charge in [-0.25, -0.2) is 4.79 Å². The molecule has 0 unspecified atom stereocenters. The molecule has 2 N–H and O–H groups in total. The number of hydrogen-bond acceptors (Lipinski definition) is 2. The molecule has 23 heavy (non-hydrogen) atoms. The highest BCUT2D eigenvalue weighted by atomic mass is 35.5. The minimum Gasteiger partial charge on any atom is -0.306 e. The lowest BCUT2D eigenvalue weighted by Crippen LogP contribution is -2.20. The highest BCUT2D eigenvalue weighted by Gasteiger charge is 2.21. The molecule has 2 aromatic rings. The molecule has 0 bridgehead atoms. The monoisotopic (exact) mass is 332 g/mol. The zero-order chi connectivity index (χ0) is 16.4. The molecule has 2 amide bonds. The van der Waals surface area contributed by atoms with Crippen LogP contribution in [-0.4, -0.2) is 15.8 Å². The van der Waals surface area contributed by atoms with E-state index >= 15 is 0 Å². The molecule has 0 atom stereocenters. The fourth-order valence-corrected chi connectivity index (χ4v) is 3.39. The lowest BCUT2D eigenvalue weighted by Gasteiger charge is -2.13. The van der Waals surface area contributed by atoms with E-state index in [4.69, 9.17) is 11.6 Å². The lowest BCUT2D eigenvalue weighted by atomic mass is 10.2. The predicted molar refractivity (Wildman–Crippen MR) is 93.3 cm³/mol. The van der Waals surface area contributed by atoms with Gasteiger partial charge in [0.15, 0.2) is 0 Å². The van der Waals surface area contributed by atoms with Gasteiger partial charge in [-0.3, -0.25) is 4.68 Å². The van der Waals surface area contributed by atoms with Crippen molar-refractivity contribution >= 4 is 29.0 Å². The van der Waals surface area contributed by atoms with Crippen LogP contribution in [0.5, 0.6) is 0 Å². The van der Waals surface area contributed by atoms with E-state index in [1.165, 1.54) is 12.8 Å². The molecule has 1 fully saturated rings. The van der Waals surface area contributed by atoms with Gasteiger partial charge >= 0.3 is 6.03 Å². The number of hydrogen-bond donors (Lipinski definition) is 2. The number of nitrogens with zero attached hydrogens (tertiary/aromatic N) is 2. The highest BCUT2D eigenvalue weighted by Crippen LogP contribution is 2.31. The Balaban J connectivity index is 1.71. The Bertz CT molecular complexity index is 699. The number of halogens is 1. The van der Waals surface area contributed by atoms with E-state index in [-0.39, 0.29) is 6.03 Å². The Morgan fingerprint density at radius 2 is 2.00 bits per heavy atom. The zero-order valence-corrected chi connectivity index (χ0v) is 14.2. The van der Waals surface area contributed by atoms with Crippen molar-refractivity contribution in [2.75, 3.05) is 10.6 Å². The summed E-state index contributed by atoms with van der Waals surface area (Å²) >= 11 is 6.14. The van der Waals surface area contributed by atoms with Crippen molar-refractivity contribution in [2.24, 2.45) is 0 Å². The van der Waals surface area contributed by atoms with Gasteiger partial charge in [0.25, 0.3) is 0 Å². The van der Waals surface area contributed by atoms with E-state index in [1.807, 2.05) is 30.7 Å². The average Bonchev–Trinajstić information content (AvgIpc) is 3.14. The highest BCUT2D eigenvalue weighted by molar-refractivity contribution is 6.34. The van der Waals surface area contributed by atoms with Crippen LogP contribution in [0.4, 0.5) is 16.2 Å². The van der Waals surface area contributed by atoms with Crippen molar-refractivity contribution in [1.29, 1.82) is 0 Å². The van der Waals surface area contributed by atoms with Crippen LogP contribution in [0.3, 0.4) is 0 Å². The first kappa shape index (κ1) is 15.9. The summed E-state index contributed by atoms with van der Waals surface area (Å²) in [5, 5.41) is 10.6. The summed E-state index contributed by atoms with van der Waals surface area (Å²) in [5.74, 6) is 0. The van der Waals surface area contributed by atoms with Crippen LogP contribution in [0.2, 0.25) is 5.02 Å². The van der Waals surface area contributed by atoms with Gasteiger partial charge in [0, 0.05) is 0 Å². The molecule has 122 valence electrons. The van der Waals surface area contributed by atoms with Crippen molar-refractivity contribution in [2.45, 2.75) is 45.6 Å². The molecule has 1 saturated carbocycles. The summed E-state index contributed by atoms with van der Waals surface area (Å²) in [7, 11) is 0. The smallest absolute Gasteiger partial charge is 0.306 e. The standard InChI is InChI=1S/C17H21ClN4O/c1-11-6-5-9-14(18)16(11)21-17(23)20-15-10-19-22(12(15)2)13-7-3-4-8-13/h5-6,9-10,13H,3-4,7-8H2,1-2H3,(H2,20,21,23). The van der Waals surface area contributed by atoms with Gasteiger partial charge in [-0.1, -0.05) is 36.6 Å². The second-order valence-electron chi connectivity index (χ2n) is 6.04. The Hall–Kier alpha value is -2.01. The molecule has 1 aliphatic carbocycles. The molecule has 1 aromatic carbocycles. The number of urea groups is 1. The first-order valence-corrected chi connectivity index (χ1v) is 8.31. The van der Waals surface area contributed by atoms with Gasteiger partial charge in [0.05, 0.1) is 34.3 Å². The zero-order valence-electron chi connectivity index (χ0n) is 13.4. The summed E-state index contributed by atoms with van der Waals surface area (Å²) < 4.78 is 2.03. The molecule has 3 rings (SSSR count). The fraction of sp³-hybridized carbons (Fsp3) is 0.412. The molecule has 1 aromatic heterocycles.